The topological polar surface area (TPSA) is 64.0 Å². The zero-order valence-electron chi connectivity index (χ0n) is 14.5. The Balaban J connectivity index is 1.51. The molecule has 3 heterocycles. The summed E-state index contributed by atoms with van der Waals surface area (Å²) in [5.41, 5.74) is 8.34. The third-order valence-corrected chi connectivity index (χ3v) is 5.46. The highest BCUT2D eigenvalue weighted by molar-refractivity contribution is 5.42. The first kappa shape index (κ1) is 17.0. The number of hydrogen-bond acceptors (Lipinski definition) is 5. The summed E-state index contributed by atoms with van der Waals surface area (Å²) in [5, 5.41) is 9.09. The Hall–Kier alpha value is -2.49. The molecule has 2 aliphatic heterocycles. The predicted octanol–water partition coefficient (Wildman–Crippen LogP) is 2.57. The predicted molar refractivity (Wildman–Crippen MR) is 98.0 cm³/mol. The number of nitrogens with one attached hydrogen (secondary N) is 2. The number of aromatic nitrogens is 1. The molecule has 0 radical (unpaired) electrons. The fraction of sp³-hybridized carbons (Fsp3) is 0.400. The maximum absolute atomic E-state index is 13.3. The molecule has 0 bridgehead atoms. The zero-order valence-corrected chi connectivity index (χ0v) is 14.5. The first-order valence-corrected chi connectivity index (χ1v) is 9.10. The van der Waals surface area contributed by atoms with Gasteiger partial charge in [0.2, 0.25) is 0 Å². The van der Waals surface area contributed by atoms with Gasteiger partial charge >= 0.3 is 0 Å². The van der Waals surface area contributed by atoms with Crippen LogP contribution in [0.3, 0.4) is 0 Å². The van der Waals surface area contributed by atoms with Crippen molar-refractivity contribution in [1.29, 1.82) is 5.26 Å². The van der Waals surface area contributed by atoms with Gasteiger partial charge in [-0.25, -0.2) is 9.37 Å². The van der Waals surface area contributed by atoms with Crippen LogP contribution in [0.4, 0.5) is 10.2 Å². The van der Waals surface area contributed by atoms with E-state index in [0.29, 0.717) is 23.6 Å². The van der Waals surface area contributed by atoms with Gasteiger partial charge in [-0.3, -0.25) is 10.9 Å². The number of piperidine rings is 1. The summed E-state index contributed by atoms with van der Waals surface area (Å²) < 4.78 is 13.3. The van der Waals surface area contributed by atoms with E-state index in [2.05, 4.69) is 26.8 Å². The van der Waals surface area contributed by atoms with Crippen LogP contribution in [0.2, 0.25) is 0 Å². The van der Waals surface area contributed by atoms with Crippen LogP contribution < -0.4 is 15.8 Å². The minimum atomic E-state index is -0.198. The SMILES string of the molecule is N#Cc1cccc(N2CCCC(C3NNCC3c3ccc(F)cc3)C2)n1. The second-order valence-corrected chi connectivity index (χ2v) is 7.05. The molecule has 0 spiro atoms. The van der Waals surface area contributed by atoms with Crippen LogP contribution in [-0.4, -0.2) is 30.7 Å². The van der Waals surface area contributed by atoms with Gasteiger partial charge in [-0.05, 0) is 48.6 Å². The van der Waals surface area contributed by atoms with Gasteiger partial charge in [-0.15, -0.1) is 0 Å². The molecule has 3 atom stereocenters. The molecule has 2 aliphatic rings. The second-order valence-electron chi connectivity index (χ2n) is 7.05. The minimum absolute atomic E-state index is 0.198. The van der Waals surface area contributed by atoms with E-state index in [1.54, 1.807) is 6.07 Å². The smallest absolute Gasteiger partial charge is 0.142 e. The molecule has 0 amide bonds. The fourth-order valence-corrected chi connectivity index (χ4v) is 4.17. The van der Waals surface area contributed by atoms with Crippen molar-refractivity contribution in [3.8, 4) is 6.07 Å². The Morgan fingerprint density at radius 2 is 2.04 bits per heavy atom. The Morgan fingerprint density at radius 1 is 1.19 bits per heavy atom. The molecule has 2 N–H and O–H groups in total. The maximum atomic E-state index is 13.3. The van der Waals surface area contributed by atoms with Gasteiger partial charge in [-0.1, -0.05) is 18.2 Å². The molecule has 4 rings (SSSR count). The number of nitrogens with zero attached hydrogens (tertiary/aromatic N) is 3. The monoisotopic (exact) mass is 351 g/mol. The number of pyridine rings is 1. The fourth-order valence-electron chi connectivity index (χ4n) is 4.17. The molecule has 26 heavy (non-hydrogen) atoms. The van der Waals surface area contributed by atoms with Crippen molar-refractivity contribution in [2.24, 2.45) is 5.92 Å². The van der Waals surface area contributed by atoms with Gasteiger partial charge in [0.25, 0.3) is 0 Å². The van der Waals surface area contributed by atoms with Crippen LogP contribution in [0.1, 0.15) is 30.0 Å². The molecule has 2 saturated heterocycles. The van der Waals surface area contributed by atoms with Crippen LogP contribution in [0.5, 0.6) is 0 Å². The average Bonchev–Trinajstić information content (AvgIpc) is 3.18. The molecule has 0 saturated carbocycles. The Morgan fingerprint density at radius 3 is 2.85 bits per heavy atom. The number of hydrazine groups is 1. The minimum Gasteiger partial charge on any atom is -0.356 e. The molecule has 2 aromatic rings. The number of benzene rings is 1. The van der Waals surface area contributed by atoms with E-state index in [1.807, 2.05) is 24.3 Å². The maximum Gasteiger partial charge on any atom is 0.142 e. The average molecular weight is 351 g/mol. The standard InChI is InChI=1S/C20H22FN5/c21-16-8-6-14(7-9-16)18-12-23-25-20(18)15-3-2-10-26(13-15)19-5-1-4-17(11-22)24-19/h1,4-9,15,18,20,23,25H,2-3,10,12-13H2. The molecule has 3 unspecified atom stereocenters. The van der Waals surface area contributed by atoms with Crippen molar-refractivity contribution >= 4 is 5.82 Å². The third-order valence-electron chi connectivity index (χ3n) is 5.46. The molecule has 5 nitrogen and oxygen atoms in total. The molecule has 6 heteroatoms. The van der Waals surface area contributed by atoms with E-state index >= 15 is 0 Å². The number of nitriles is 1. The molecular formula is C20H22FN5. The van der Waals surface area contributed by atoms with E-state index in [9.17, 15) is 4.39 Å². The van der Waals surface area contributed by atoms with Gasteiger partial charge in [-0.2, -0.15) is 5.26 Å². The summed E-state index contributed by atoms with van der Waals surface area (Å²) in [6, 6.07) is 14.9. The summed E-state index contributed by atoms with van der Waals surface area (Å²) in [5.74, 6) is 1.45. The lowest BCUT2D eigenvalue weighted by atomic mass is 9.81. The molecule has 2 fully saturated rings. The third kappa shape index (κ3) is 3.41. The van der Waals surface area contributed by atoms with E-state index in [-0.39, 0.29) is 5.82 Å². The summed E-state index contributed by atoms with van der Waals surface area (Å²) >= 11 is 0. The van der Waals surface area contributed by atoms with Crippen LogP contribution in [0, 0.1) is 23.1 Å². The van der Waals surface area contributed by atoms with Crippen LogP contribution in [0.25, 0.3) is 0 Å². The summed E-state index contributed by atoms with van der Waals surface area (Å²) in [7, 11) is 0. The van der Waals surface area contributed by atoms with Gasteiger partial charge in [0, 0.05) is 31.6 Å². The normalized spacial score (nSPS) is 25.8. The van der Waals surface area contributed by atoms with Crippen molar-refractivity contribution in [2.75, 3.05) is 24.5 Å². The van der Waals surface area contributed by atoms with Gasteiger partial charge < -0.3 is 4.90 Å². The van der Waals surface area contributed by atoms with Crippen LogP contribution in [-0.2, 0) is 0 Å². The summed E-state index contributed by atoms with van der Waals surface area (Å²) in [6.45, 7) is 2.70. The lowest BCUT2D eigenvalue weighted by Gasteiger charge is -2.38. The molecule has 134 valence electrons. The molecular weight excluding hydrogens is 329 g/mol. The van der Waals surface area contributed by atoms with Gasteiger partial charge in [0.1, 0.15) is 23.4 Å². The number of anilines is 1. The van der Waals surface area contributed by atoms with E-state index in [0.717, 1.165) is 43.9 Å². The largest absolute Gasteiger partial charge is 0.356 e. The van der Waals surface area contributed by atoms with E-state index in [4.69, 9.17) is 5.26 Å². The molecule has 1 aromatic heterocycles. The highest BCUT2D eigenvalue weighted by Crippen LogP contribution is 2.32. The van der Waals surface area contributed by atoms with Crippen LogP contribution in [0.15, 0.2) is 42.5 Å². The zero-order chi connectivity index (χ0) is 17.9. The summed E-state index contributed by atoms with van der Waals surface area (Å²) in [6.07, 6.45) is 2.24. The summed E-state index contributed by atoms with van der Waals surface area (Å²) in [4.78, 5) is 6.72. The number of rotatable bonds is 3. The van der Waals surface area contributed by atoms with Crippen molar-refractivity contribution < 1.29 is 4.39 Å². The second kappa shape index (κ2) is 7.40. The quantitative estimate of drug-likeness (QED) is 0.890. The van der Waals surface area contributed by atoms with Gasteiger partial charge in [0.15, 0.2) is 0 Å². The highest BCUT2D eigenvalue weighted by atomic mass is 19.1. The van der Waals surface area contributed by atoms with Crippen molar-refractivity contribution in [3.05, 3.63) is 59.5 Å². The lowest BCUT2D eigenvalue weighted by Crippen LogP contribution is -2.46. The highest BCUT2D eigenvalue weighted by Gasteiger charge is 2.36. The number of halogens is 1. The first-order chi connectivity index (χ1) is 12.7. The van der Waals surface area contributed by atoms with Crippen LogP contribution >= 0.6 is 0 Å². The Labute approximate surface area is 152 Å². The van der Waals surface area contributed by atoms with Crippen molar-refractivity contribution in [2.45, 2.75) is 24.8 Å². The van der Waals surface area contributed by atoms with E-state index in [1.165, 1.54) is 12.1 Å². The van der Waals surface area contributed by atoms with Crippen molar-refractivity contribution in [3.63, 3.8) is 0 Å². The number of hydrogen-bond donors (Lipinski definition) is 2. The lowest BCUT2D eigenvalue weighted by molar-refractivity contribution is 0.304. The Kier molecular flexibility index (Phi) is 4.83. The first-order valence-electron chi connectivity index (χ1n) is 9.10. The van der Waals surface area contributed by atoms with Crippen molar-refractivity contribution in [1.82, 2.24) is 15.8 Å². The molecule has 1 aromatic carbocycles. The van der Waals surface area contributed by atoms with E-state index < -0.39 is 0 Å². The molecule has 0 aliphatic carbocycles. The van der Waals surface area contributed by atoms with Gasteiger partial charge in [0.05, 0.1) is 0 Å². The Bertz CT molecular complexity index is 801.